The van der Waals surface area contributed by atoms with Crippen LogP contribution in [-0.2, 0) is 4.74 Å². The number of guanidine groups is 1. The van der Waals surface area contributed by atoms with E-state index in [1.54, 1.807) is 24.5 Å². The van der Waals surface area contributed by atoms with Gasteiger partial charge in [0.1, 0.15) is 0 Å². The van der Waals surface area contributed by atoms with E-state index in [0.717, 1.165) is 37.9 Å². The fourth-order valence-electron chi connectivity index (χ4n) is 2.42. The highest BCUT2D eigenvalue weighted by Crippen LogP contribution is 2.27. The van der Waals surface area contributed by atoms with Crippen LogP contribution in [-0.4, -0.2) is 29.2 Å². The number of nitriles is 1. The Bertz CT molecular complexity index is 668. The van der Waals surface area contributed by atoms with Crippen molar-refractivity contribution in [2.24, 2.45) is 4.99 Å². The number of ether oxygens (including phenoxy) is 1. The number of alkyl halides is 1. The number of pyridine rings is 1. The number of hydrogen-bond acceptors (Lipinski definition) is 4. The van der Waals surface area contributed by atoms with Crippen LogP contribution in [0.4, 0.5) is 5.69 Å². The van der Waals surface area contributed by atoms with Crippen LogP contribution >= 0.6 is 11.6 Å². The van der Waals surface area contributed by atoms with Crippen LogP contribution in [0.5, 0.6) is 0 Å². The predicted molar refractivity (Wildman–Crippen MR) is 104 cm³/mol. The molecule has 1 aliphatic rings. The van der Waals surface area contributed by atoms with E-state index >= 15 is 0 Å². The molecule has 0 saturated heterocycles. The second-order valence-corrected chi connectivity index (χ2v) is 6.51. The Hall–Kier alpha value is -2.36. The van der Waals surface area contributed by atoms with Gasteiger partial charge in [0.15, 0.2) is 11.3 Å². The number of rotatable bonds is 9. The van der Waals surface area contributed by atoms with E-state index < -0.39 is 5.06 Å². The molecule has 1 aromatic rings. The van der Waals surface area contributed by atoms with Gasteiger partial charge in [0, 0.05) is 32.0 Å². The number of halogens is 1. The molecule has 0 saturated carbocycles. The third-order valence-corrected chi connectivity index (χ3v) is 4.16. The molecule has 1 aliphatic carbocycles. The van der Waals surface area contributed by atoms with Crippen LogP contribution in [0.15, 0.2) is 53.8 Å². The minimum atomic E-state index is -0.669. The molecule has 0 fully saturated rings. The SMILES string of the molecule is N#CNC(=Nc1ccncc1)NCCCCCCOC1(Cl)C=CC=CC1. The van der Waals surface area contributed by atoms with Gasteiger partial charge in [-0.25, -0.2) is 4.99 Å². The molecule has 1 heterocycles. The Morgan fingerprint density at radius 2 is 2.08 bits per heavy atom. The highest BCUT2D eigenvalue weighted by atomic mass is 35.5. The quantitative estimate of drug-likeness (QED) is 0.172. The molecule has 0 amide bonds. The minimum absolute atomic E-state index is 0.447. The van der Waals surface area contributed by atoms with Crippen molar-refractivity contribution in [3.05, 3.63) is 48.8 Å². The molecule has 2 N–H and O–H groups in total. The van der Waals surface area contributed by atoms with Crippen molar-refractivity contribution in [1.29, 1.82) is 5.26 Å². The zero-order valence-corrected chi connectivity index (χ0v) is 15.5. The number of aliphatic imine (C=N–C) groups is 1. The van der Waals surface area contributed by atoms with Crippen LogP contribution in [0.2, 0.25) is 0 Å². The first-order chi connectivity index (χ1) is 12.7. The molecule has 1 aromatic heterocycles. The molecule has 1 atom stereocenters. The van der Waals surface area contributed by atoms with Gasteiger partial charge >= 0.3 is 0 Å². The van der Waals surface area contributed by atoms with Crippen LogP contribution in [0.25, 0.3) is 0 Å². The predicted octanol–water partition coefficient (Wildman–Crippen LogP) is 3.76. The minimum Gasteiger partial charge on any atom is -0.356 e. The third-order valence-electron chi connectivity index (χ3n) is 3.77. The largest absolute Gasteiger partial charge is 0.356 e. The van der Waals surface area contributed by atoms with Crippen molar-refractivity contribution in [3.8, 4) is 6.19 Å². The molecule has 0 spiro atoms. The number of aromatic nitrogens is 1. The van der Waals surface area contributed by atoms with Gasteiger partial charge in [-0.1, -0.05) is 42.7 Å². The molecule has 7 heteroatoms. The Kier molecular flexibility index (Phi) is 8.67. The summed E-state index contributed by atoms with van der Waals surface area (Å²) in [6.45, 7) is 1.40. The summed E-state index contributed by atoms with van der Waals surface area (Å²) < 4.78 is 5.76. The van der Waals surface area contributed by atoms with E-state index in [0.29, 0.717) is 19.0 Å². The fraction of sp³-hybridized carbons (Fsp3) is 0.421. The first-order valence-corrected chi connectivity index (χ1v) is 9.15. The molecule has 2 rings (SSSR count). The molecule has 0 bridgehead atoms. The number of nitrogens with zero attached hydrogens (tertiary/aromatic N) is 3. The summed E-state index contributed by atoms with van der Waals surface area (Å²) in [6.07, 6.45) is 17.8. The normalized spacial score (nSPS) is 19.2. The highest BCUT2D eigenvalue weighted by Gasteiger charge is 2.23. The van der Waals surface area contributed by atoms with Crippen LogP contribution < -0.4 is 10.6 Å². The molecule has 0 aliphatic heterocycles. The van der Waals surface area contributed by atoms with Gasteiger partial charge in [-0.3, -0.25) is 10.3 Å². The Morgan fingerprint density at radius 3 is 2.81 bits per heavy atom. The maximum Gasteiger partial charge on any atom is 0.209 e. The average molecular weight is 374 g/mol. The van der Waals surface area contributed by atoms with Crippen molar-refractivity contribution < 1.29 is 4.74 Å². The van der Waals surface area contributed by atoms with Crippen LogP contribution in [0, 0.1) is 11.5 Å². The van der Waals surface area contributed by atoms with Crippen molar-refractivity contribution >= 4 is 23.2 Å². The number of hydrogen-bond donors (Lipinski definition) is 2. The van der Waals surface area contributed by atoms with Crippen molar-refractivity contribution in [2.75, 3.05) is 13.2 Å². The molecular weight excluding hydrogens is 350 g/mol. The zero-order valence-electron chi connectivity index (χ0n) is 14.7. The van der Waals surface area contributed by atoms with Gasteiger partial charge in [-0.15, -0.1) is 0 Å². The topological polar surface area (TPSA) is 82.3 Å². The number of unbranched alkanes of at least 4 members (excludes halogenated alkanes) is 3. The molecule has 0 radical (unpaired) electrons. The number of allylic oxidation sites excluding steroid dienone is 2. The zero-order chi connectivity index (χ0) is 18.5. The van der Waals surface area contributed by atoms with Crippen LogP contribution in [0.3, 0.4) is 0 Å². The summed E-state index contributed by atoms with van der Waals surface area (Å²) in [6, 6.07) is 3.56. The lowest BCUT2D eigenvalue weighted by Crippen LogP contribution is -2.34. The van der Waals surface area contributed by atoms with E-state index in [2.05, 4.69) is 20.6 Å². The van der Waals surface area contributed by atoms with E-state index in [1.165, 1.54) is 0 Å². The van der Waals surface area contributed by atoms with Gasteiger partial charge in [0.05, 0.1) is 5.69 Å². The summed E-state index contributed by atoms with van der Waals surface area (Å²) >= 11 is 6.35. The average Bonchev–Trinajstić information content (AvgIpc) is 2.65. The molecule has 1 unspecified atom stereocenters. The second-order valence-electron chi connectivity index (χ2n) is 5.87. The molecule has 26 heavy (non-hydrogen) atoms. The van der Waals surface area contributed by atoms with E-state index in [-0.39, 0.29) is 0 Å². The summed E-state index contributed by atoms with van der Waals surface area (Å²) in [5.41, 5.74) is 0.740. The van der Waals surface area contributed by atoms with Gasteiger partial charge in [0.2, 0.25) is 5.96 Å². The lowest BCUT2D eigenvalue weighted by molar-refractivity contribution is 0.0521. The van der Waals surface area contributed by atoms with E-state index in [1.807, 2.05) is 30.5 Å². The Labute approximate surface area is 159 Å². The standard InChI is InChI=1S/C19H24ClN5O/c20-19(10-4-3-5-11-19)26-15-7-2-1-6-12-23-18(24-16-21)25-17-8-13-22-14-9-17/h3-5,8-10,13-14H,1-2,6-7,11-12,15H2,(H2,22,23,24,25). The Morgan fingerprint density at radius 1 is 1.27 bits per heavy atom. The van der Waals surface area contributed by atoms with Gasteiger partial charge < -0.3 is 10.1 Å². The molecule has 6 nitrogen and oxygen atoms in total. The lowest BCUT2D eigenvalue weighted by Gasteiger charge is -2.24. The van der Waals surface area contributed by atoms with Crippen molar-refractivity contribution in [2.45, 2.75) is 37.2 Å². The Balaban J connectivity index is 1.57. The summed E-state index contributed by atoms with van der Waals surface area (Å²) in [5.74, 6) is 0.447. The molecule has 0 aromatic carbocycles. The first kappa shape index (κ1) is 20.0. The summed E-state index contributed by atoms with van der Waals surface area (Å²) in [7, 11) is 0. The van der Waals surface area contributed by atoms with Crippen LogP contribution in [0.1, 0.15) is 32.1 Å². The highest BCUT2D eigenvalue weighted by molar-refractivity contribution is 6.24. The number of nitrogens with one attached hydrogen (secondary N) is 2. The molecule has 138 valence electrons. The van der Waals surface area contributed by atoms with Gasteiger partial charge in [-0.2, -0.15) is 5.26 Å². The van der Waals surface area contributed by atoms with Crippen molar-refractivity contribution in [1.82, 2.24) is 15.6 Å². The van der Waals surface area contributed by atoms with E-state index in [4.69, 9.17) is 21.6 Å². The second kappa shape index (κ2) is 11.3. The van der Waals surface area contributed by atoms with Gasteiger partial charge in [0.25, 0.3) is 0 Å². The monoisotopic (exact) mass is 373 g/mol. The lowest BCUT2D eigenvalue weighted by atomic mass is 10.1. The smallest absolute Gasteiger partial charge is 0.209 e. The van der Waals surface area contributed by atoms with Crippen molar-refractivity contribution in [3.63, 3.8) is 0 Å². The van der Waals surface area contributed by atoms with E-state index in [9.17, 15) is 0 Å². The molecular formula is C19H24ClN5O. The maximum absolute atomic E-state index is 8.81. The first-order valence-electron chi connectivity index (χ1n) is 8.77. The summed E-state index contributed by atoms with van der Waals surface area (Å²) in [5, 5.41) is 13.9. The third kappa shape index (κ3) is 7.68. The fourth-order valence-corrected chi connectivity index (χ4v) is 2.66. The van der Waals surface area contributed by atoms with Gasteiger partial charge in [-0.05, 0) is 31.1 Å². The summed E-state index contributed by atoms with van der Waals surface area (Å²) in [4.78, 5) is 8.28. The maximum atomic E-state index is 8.81.